The van der Waals surface area contributed by atoms with Crippen molar-refractivity contribution < 1.29 is 9.63 Å². The molecule has 0 radical (unpaired) electrons. The molecule has 6 heteroatoms. The number of carbonyl (C=O) groups is 1. The van der Waals surface area contributed by atoms with Crippen LogP contribution in [0.5, 0.6) is 0 Å². The van der Waals surface area contributed by atoms with Crippen LogP contribution in [-0.2, 0) is 11.4 Å². The van der Waals surface area contributed by atoms with E-state index in [-0.39, 0.29) is 18.5 Å². The predicted molar refractivity (Wildman–Crippen MR) is 114 cm³/mol. The van der Waals surface area contributed by atoms with Gasteiger partial charge in [0.1, 0.15) is 6.61 Å². The van der Waals surface area contributed by atoms with Crippen LogP contribution in [0.1, 0.15) is 21.5 Å². The molecule has 0 fully saturated rings. The topological polar surface area (TPSA) is 88.7 Å². The molecule has 0 saturated carbocycles. The molecule has 146 valence electrons. The maximum absolute atomic E-state index is 12.4. The van der Waals surface area contributed by atoms with E-state index in [0.717, 1.165) is 21.9 Å². The fraction of sp³-hybridized carbons (Fsp3) is 0.182. The van der Waals surface area contributed by atoms with Crippen molar-refractivity contribution >= 4 is 22.6 Å². The first-order valence-electron chi connectivity index (χ1n) is 8.93. The zero-order valence-corrected chi connectivity index (χ0v) is 16.4. The number of hydrogen-bond acceptors (Lipinski definition) is 4. The summed E-state index contributed by atoms with van der Waals surface area (Å²) in [4.78, 5) is 17.6. The highest BCUT2D eigenvalue weighted by molar-refractivity contribution is 6.12. The van der Waals surface area contributed by atoms with Crippen LogP contribution < -0.4 is 16.4 Å². The minimum Gasteiger partial charge on any atom is -0.388 e. The number of nitrogens with two attached hydrogens (primary N) is 1. The number of nitrogens with zero attached hydrogens (tertiary/aromatic N) is 1. The van der Waals surface area contributed by atoms with E-state index < -0.39 is 0 Å². The van der Waals surface area contributed by atoms with Gasteiger partial charge in [-0.1, -0.05) is 66.2 Å². The average molecular weight is 378 g/mol. The van der Waals surface area contributed by atoms with E-state index in [1.807, 2.05) is 81.7 Å². The van der Waals surface area contributed by atoms with Gasteiger partial charge in [-0.05, 0) is 48.6 Å². The molecule has 3 aromatic rings. The molecule has 1 amide bonds. The lowest BCUT2D eigenvalue weighted by Crippen LogP contribution is -2.37. The van der Waals surface area contributed by atoms with Crippen molar-refractivity contribution in [2.75, 3.05) is 14.1 Å². The minimum atomic E-state index is -0.322. The monoisotopic (exact) mass is 378 g/mol. The molecule has 6 nitrogen and oxygen atoms in total. The summed E-state index contributed by atoms with van der Waals surface area (Å²) in [6.45, 7) is 2.29. The second kappa shape index (κ2) is 10.7. The summed E-state index contributed by atoms with van der Waals surface area (Å²) in [6, 6.07) is 21.1. The van der Waals surface area contributed by atoms with E-state index in [0.29, 0.717) is 5.56 Å². The van der Waals surface area contributed by atoms with Gasteiger partial charge in [-0.2, -0.15) is 0 Å². The van der Waals surface area contributed by atoms with E-state index in [9.17, 15) is 4.79 Å². The molecule has 0 saturated heterocycles. The summed E-state index contributed by atoms with van der Waals surface area (Å²) < 4.78 is 0. The molecule has 0 aliphatic heterocycles. The Morgan fingerprint density at radius 3 is 2.46 bits per heavy atom. The minimum absolute atomic E-state index is 0.0782. The Bertz CT molecular complexity index is 949. The molecular weight excluding hydrogens is 352 g/mol. The molecule has 0 unspecified atom stereocenters. The van der Waals surface area contributed by atoms with Crippen molar-refractivity contribution in [3.8, 4) is 0 Å². The first-order chi connectivity index (χ1) is 13.5. The first kappa shape index (κ1) is 20.9. The van der Waals surface area contributed by atoms with Gasteiger partial charge in [0, 0.05) is 5.56 Å². The Kier molecular flexibility index (Phi) is 7.99. The van der Waals surface area contributed by atoms with Crippen LogP contribution in [0.25, 0.3) is 10.8 Å². The molecular formula is C22H26N4O2. The van der Waals surface area contributed by atoms with Crippen molar-refractivity contribution in [2.24, 2.45) is 10.9 Å². The lowest BCUT2D eigenvalue weighted by atomic mass is 10.0. The quantitative estimate of drug-likeness (QED) is 0.370. The number of amides is 1. The standard InChI is InChI=1S/C20H19N3O2.C2H7N/c1-14-6-4-7-15(12-14)13-25-23-20(21)22-19(24)18-11-5-9-16-8-2-3-10-17(16)18;1-3-2/h2-12H,13H2,1H3,(H3,21,22,23,24);3H,1-2H3. The van der Waals surface area contributed by atoms with Crippen LogP contribution in [0, 0.1) is 6.92 Å². The fourth-order valence-electron chi connectivity index (χ4n) is 2.61. The van der Waals surface area contributed by atoms with Gasteiger partial charge >= 0.3 is 0 Å². The van der Waals surface area contributed by atoms with Gasteiger partial charge in [-0.25, -0.2) is 0 Å². The molecule has 3 rings (SSSR count). The summed E-state index contributed by atoms with van der Waals surface area (Å²) in [5, 5.41) is 10.9. The Morgan fingerprint density at radius 2 is 1.71 bits per heavy atom. The summed E-state index contributed by atoms with van der Waals surface area (Å²) in [7, 11) is 3.75. The number of oxime groups is 1. The third kappa shape index (κ3) is 6.10. The Morgan fingerprint density at radius 1 is 1.04 bits per heavy atom. The van der Waals surface area contributed by atoms with Gasteiger partial charge in [-0.15, -0.1) is 0 Å². The van der Waals surface area contributed by atoms with Crippen molar-refractivity contribution in [1.29, 1.82) is 0 Å². The molecule has 0 heterocycles. The van der Waals surface area contributed by atoms with Gasteiger partial charge in [0.05, 0.1) is 0 Å². The third-order valence-electron chi connectivity index (χ3n) is 3.75. The summed E-state index contributed by atoms with van der Waals surface area (Å²) in [5.74, 6) is -0.400. The highest BCUT2D eigenvalue weighted by Crippen LogP contribution is 2.18. The lowest BCUT2D eigenvalue weighted by Gasteiger charge is -2.07. The number of fused-ring (bicyclic) bond motifs is 1. The van der Waals surface area contributed by atoms with Crippen LogP contribution in [0.4, 0.5) is 0 Å². The predicted octanol–water partition coefficient (Wildman–Crippen LogP) is 3.16. The zero-order chi connectivity index (χ0) is 20.4. The van der Waals surface area contributed by atoms with Crippen molar-refractivity contribution in [2.45, 2.75) is 13.5 Å². The van der Waals surface area contributed by atoms with E-state index >= 15 is 0 Å². The zero-order valence-electron chi connectivity index (χ0n) is 16.4. The molecule has 3 aromatic carbocycles. The van der Waals surface area contributed by atoms with Crippen LogP contribution in [0.2, 0.25) is 0 Å². The Balaban J connectivity index is 0.000000878. The van der Waals surface area contributed by atoms with Crippen molar-refractivity contribution in [3.05, 3.63) is 83.4 Å². The number of aryl methyl sites for hydroxylation is 1. The van der Waals surface area contributed by atoms with E-state index in [4.69, 9.17) is 10.6 Å². The van der Waals surface area contributed by atoms with E-state index in [2.05, 4.69) is 15.8 Å². The van der Waals surface area contributed by atoms with Gasteiger partial charge in [0.15, 0.2) is 0 Å². The van der Waals surface area contributed by atoms with Crippen molar-refractivity contribution in [3.63, 3.8) is 0 Å². The number of hydrogen-bond donors (Lipinski definition) is 3. The summed E-state index contributed by atoms with van der Waals surface area (Å²) >= 11 is 0. The first-order valence-corrected chi connectivity index (χ1v) is 8.93. The Hall–Kier alpha value is -3.38. The Labute approximate surface area is 165 Å². The molecule has 0 bridgehead atoms. The maximum atomic E-state index is 12.4. The number of carbonyl (C=O) groups excluding carboxylic acids is 1. The highest BCUT2D eigenvalue weighted by Gasteiger charge is 2.10. The van der Waals surface area contributed by atoms with Crippen LogP contribution in [0.3, 0.4) is 0 Å². The van der Waals surface area contributed by atoms with Gasteiger partial charge in [0.25, 0.3) is 5.91 Å². The van der Waals surface area contributed by atoms with Gasteiger partial charge in [-0.3, -0.25) is 10.1 Å². The molecule has 0 aliphatic rings. The molecule has 4 N–H and O–H groups in total. The number of nitrogens with one attached hydrogen (secondary N) is 2. The summed E-state index contributed by atoms with van der Waals surface area (Å²) in [6.07, 6.45) is 0. The fourth-order valence-corrected chi connectivity index (χ4v) is 2.61. The van der Waals surface area contributed by atoms with Crippen molar-refractivity contribution in [1.82, 2.24) is 10.6 Å². The number of rotatable bonds is 4. The molecule has 0 spiro atoms. The second-order valence-corrected chi connectivity index (χ2v) is 6.22. The van der Waals surface area contributed by atoms with Gasteiger partial charge < -0.3 is 15.9 Å². The molecule has 28 heavy (non-hydrogen) atoms. The third-order valence-corrected chi connectivity index (χ3v) is 3.75. The smallest absolute Gasteiger partial charge is 0.258 e. The number of benzene rings is 3. The molecule has 0 aromatic heterocycles. The van der Waals surface area contributed by atoms with Gasteiger partial charge in [0.2, 0.25) is 5.96 Å². The van der Waals surface area contributed by atoms with E-state index in [1.165, 1.54) is 0 Å². The number of guanidine groups is 1. The van der Waals surface area contributed by atoms with Crippen LogP contribution >= 0.6 is 0 Å². The van der Waals surface area contributed by atoms with E-state index in [1.54, 1.807) is 6.07 Å². The normalized spacial score (nSPS) is 10.8. The van der Waals surface area contributed by atoms with Crippen LogP contribution in [0.15, 0.2) is 71.9 Å². The largest absolute Gasteiger partial charge is 0.388 e. The molecule has 0 aliphatic carbocycles. The van der Waals surface area contributed by atoms with Crippen LogP contribution in [-0.4, -0.2) is 26.0 Å². The second-order valence-electron chi connectivity index (χ2n) is 6.22. The highest BCUT2D eigenvalue weighted by atomic mass is 16.6. The maximum Gasteiger partial charge on any atom is 0.258 e. The molecule has 0 atom stereocenters. The lowest BCUT2D eigenvalue weighted by molar-refractivity contribution is 0.0969. The SMILES string of the molecule is CNC.Cc1cccc(CON=C(N)NC(=O)c2cccc3ccccc23)c1. The average Bonchev–Trinajstić information content (AvgIpc) is 2.68. The summed E-state index contributed by atoms with van der Waals surface area (Å²) in [5.41, 5.74) is 8.40.